The van der Waals surface area contributed by atoms with Crippen LogP contribution in [0, 0.1) is 12.7 Å². The molecule has 3 atom stereocenters. The van der Waals surface area contributed by atoms with E-state index in [0.717, 1.165) is 18.5 Å². The van der Waals surface area contributed by atoms with E-state index in [-0.39, 0.29) is 35.9 Å². The van der Waals surface area contributed by atoms with Crippen LogP contribution in [0.5, 0.6) is 0 Å². The van der Waals surface area contributed by atoms with Gasteiger partial charge in [-0.3, -0.25) is 4.90 Å². The zero-order valence-corrected chi connectivity index (χ0v) is 20.6. The summed E-state index contributed by atoms with van der Waals surface area (Å²) < 4.78 is 20.8. The molecule has 1 N–H and O–H groups in total. The summed E-state index contributed by atoms with van der Waals surface area (Å²) in [6.07, 6.45) is 3.59. The number of aryl methyl sites for hydroxylation is 1. The Morgan fingerprint density at radius 1 is 1.33 bits per heavy atom. The van der Waals surface area contributed by atoms with Crippen LogP contribution in [-0.4, -0.2) is 63.4 Å². The lowest BCUT2D eigenvalue weighted by atomic mass is 9.95. The van der Waals surface area contributed by atoms with Crippen LogP contribution in [0.15, 0.2) is 6.20 Å². The van der Waals surface area contributed by atoms with Crippen LogP contribution in [-0.2, 0) is 4.74 Å². The molecule has 0 aliphatic carbocycles. The lowest BCUT2D eigenvalue weighted by molar-refractivity contribution is 0.0123. The maximum atomic E-state index is 15.2. The Morgan fingerprint density at radius 2 is 1.97 bits per heavy atom. The Labute approximate surface area is 198 Å². The van der Waals surface area contributed by atoms with E-state index in [1.54, 1.807) is 6.20 Å². The van der Waals surface area contributed by atoms with E-state index in [1.165, 1.54) is 0 Å². The van der Waals surface area contributed by atoms with Crippen LogP contribution in [0.1, 0.15) is 64.1 Å². The van der Waals surface area contributed by atoms with E-state index in [2.05, 4.69) is 9.88 Å². The summed E-state index contributed by atoms with van der Waals surface area (Å²) in [5, 5.41) is 10.3. The monoisotopic (exact) mass is 478 g/mol. The van der Waals surface area contributed by atoms with Gasteiger partial charge in [-0.05, 0) is 52.5 Å². The van der Waals surface area contributed by atoms with Gasteiger partial charge in [-0.2, -0.15) is 0 Å². The summed E-state index contributed by atoms with van der Waals surface area (Å²) in [6, 6.07) is 0.000323. The fourth-order valence-corrected chi connectivity index (χ4v) is 5.27. The third-order valence-corrected chi connectivity index (χ3v) is 6.88. The van der Waals surface area contributed by atoms with Crippen molar-refractivity contribution in [2.75, 3.05) is 24.6 Å². The molecule has 2 fully saturated rings. The van der Waals surface area contributed by atoms with Gasteiger partial charge in [0.2, 0.25) is 0 Å². The van der Waals surface area contributed by atoms with E-state index in [1.807, 2.05) is 39.5 Å². The molecule has 180 valence electrons. The van der Waals surface area contributed by atoms with Crippen molar-refractivity contribution in [1.82, 2.24) is 14.9 Å². The maximum absolute atomic E-state index is 15.2. The highest BCUT2D eigenvalue weighted by Gasteiger charge is 2.45. The van der Waals surface area contributed by atoms with Gasteiger partial charge in [-0.25, -0.2) is 19.2 Å². The number of aromatic nitrogens is 2. The van der Waals surface area contributed by atoms with E-state index < -0.39 is 11.4 Å². The van der Waals surface area contributed by atoms with Gasteiger partial charge in [0.05, 0.1) is 12.1 Å². The molecule has 9 heteroatoms. The maximum Gasteiger partial charge on any atom is 0.410 e. The van der Waals surface area contributed by atoms with Crippen molar-refractivity contribution in [3.63, 3.8) is 0 Å². The summed E-state index contributed by atoms with van der Waals surface area (Å²) in [4.78, 5) is 25.9. The number of hydrogen-bond donors (Lipinski definition) is 1. The number of aliphatic hydroxyl groups excluding tert-OH is 1. The molecule has 2 bridgehead atoms. The third kappa shape index (κ3) is 4.47. The number of ether oxygens (including phenoxy) is 1. The van der Waals surface area contributed by atoms with Crippen LogP contribution < -0.4 is 4.90 Å². The SMILES string of the molecule is Cc1c(C(C)CCO)nc(N2CC3CCC(C2)N3C(=O)OC(C)(C)C)c2cnc(Cl)c(F)c12. The normalized spacial score (nSPS) is 21.6. The number of hydrogen-bond acceptors (Lipinski definition) is 6. The number of fused-ring (bicyclic) bond motifs is 3. The van der Waals surface area contributed by atoms with Crippen LogP contribution >= 0.6 is 11.6 Å². The molecule has 1 amide bonds. The number of nitrogens with zero attached hydrogens (tertiary/aromatic N) is 4. The third-order valence-electron chi connectivity index (χ3n) is 6.62. The van der Waals surface area contributed by atoms with Gasteiger partial charge in [0.1, 0.15) is 11.4 Å². The largest absolute Gasteiger partial charge is 0.444 e. The highest BCUT2D eigenvalue weighted by molar-refractivity contribution is 6.30. The summed E-state index contributed by atoms with van der Waals surface area (Å²) >= 11 is 6.04. The van der Waals surface area contributed by atoms with Gasteiger partial charge in [-0.1, -0.05) is 18.5 Å². The van der Waals surface area contributed by atoms with Gasteiger partial charge in [-0.15, -0.1) is 0 Å². The minimum atomic E-state index is -0.553. The molecule has 0 aromatic carbocycles. The smallest absolute Gasteiger partial charge is 0.410 e. The van der Waals surface area contributed by atoms with Crippen molar-refractivity contribution in [2.24, 2.45) is 0 Å². The zero-order chi connectivity index (χ0) is 24.1. The molecule has 2 aliphatic rings. The first-order valence-electron chi connectivity index (χ1n) is 11.5. The number of carbonyl (C=O) groups excluding carboxylic acids is 1. The predicted octanol–water partition coefficient (Wildman–Crippen LogP) is 4.80. The number of rotatable bonds is 4. The molecule has 7 nitrogen and oxygen atoms in total. The number of halogens is 2. The molecule has 0 radical (unpaired) electrons. The number of aliphatic hydroxyl groups is 1. The molecule has 33 heavy (non-hydrogen) atoms. The second-order valence-corrected chi connectivity index (χ2v) is 10.5. The van der Waals surface area contributed by atoms with E-state index in [4.69, 9.17) is 21.3 Å². The van der Waals surface area contributed by atoms with Crippen molar-refractivity contribution < 1.29 is 19.0 Å². The Hall–Kier alpha value is -2.19. The van der Waals surface area contributed by atoms with Crippen LogP contribution in [0.2, 0.25) is 5.15 Å². The van der Waals surface area contributed by atoms with Crippen molar-refractivity contribution in [2.45, 2.75) is 77.5 Å². The van der Waals surface area contributed by atoms with Crippen molar-refractivity contribution in [3.8, 4) is 0 Å². The number of piperazine rings is 1. The van der Waals surface area contributed by atoms with Gasteiger partial charge in [0, 0.05) is 48.3 Å². The minimum Gasteiger partial charge on any atom is -0.444 e. The quantitative estimate of drug-likeness (QED) is 0.635. The van der Waals surface area contributed by atoms with Gasteiger partial charge in [0.25, 0.3) is 0 Å². The van der Waals surface area contributed by atoms with Gasteiger partial charge in [0.15, 0.2) is 11.0 Å². The van der Waals surface area contributed by atoms with Crippen molar-refractivity contribution in [1.29, 1.82) is 0 Å². The second-order valence-electron chi connectivity index (χ2n) is 10.2. The summed E-state index contributed by atoms with van der Waals surface area (Å²) in [6.45, 7) is 10.6. The Kier molecular flexibility index (Phi) is 6.44. The average Bonchev–Trinajstić information content (AvgIpc) is 2.99. The Morgan fingerprint density at radius 3 is 2.55 bits per heavy atom. The fraction of sp³-hybridized carbons (Fsp3) is 0.625. The minimum absolute atomic E-state index is 0.000162. The van der Waals surface area contributed by atoms with E-state index in [9.17, 15) is 9.90 Å². The topological polar surface area (TPSA) is 78.8 Å². The molecule has 3 unspecified atom stereocenters. The number of anilines is 1. The molecule has 0 spiro atoms. The molecule has 4 heterocycles. The van der Waals surface area contributed by atoms with E-state index >= 15 is 4.39 Å². The van der Waals surface area contributed by atoms with Crippen molar-refractivity contribution >= 4 is 34.3 Å². The van der Waals surface area contributed by atoms with Gasteiger partial charge >= 0.3 is 6.09 Å². The summed E-state index contributed by atoms with van der Waals surface area (Å²) in [5.74, 6) is 0.0478. The first-order chi connectivity index (χ1) is 15.5. The molecule has 2 aromatic heterocycles. The predicted molar refractivity (Wildman–Crippen MR) is 126 cm³/mol. The van der Waals surface area contributed by atoms with Gasteiger partial charge < -0.3 is 14.7 Å². The van der Waals surface area contributed by atoms with Crippen molar-refractivity contribution in [3.05, 3.63) is 28.4 Å². The van der Waals surface area contributed by atoms with Crippen LogP contribution in [0.25, 0.3) is 10.8 Å². The molecule has 2 aliphatic heterocycles. The molecular formula is C24H32ClFN4O3. The molecule has 2 aromatic rings. The lowest BCUT2D eigenvalue weighted by Gasteiger charge is -2.42. The lowest BCUT2D eigenvalue weighted by Crippen LogP contribution is -2.57. The molecular weight excluding hydrogens is 447 g/mol. The second kappa shape index (κ2) is 8.87. The first kappa shape index (κ1) is 24.0. The molecule has 4 rings (SSSR count). The standard InChI is InChI=1S/C24H32ClFN4O3/c1-13(8-9-31)20-14(2)18-17(10-27-21(25)19(18)26)22(28-20)29-11-15-6-7-16(12-29)30(15)23(32)33-24(3,4)5/h10,13,15-16,31H,6-9,11-12H2,1-5H3. The highest BCUT2D eigenvalue weighted by Crippen LogP contribution is 2.39. The zero-order valence-electron chi connectivity index (χ0n) is 19.9. The highest BCUT2D eigenvalue weighted by atomic mass is 35.5. The average molecular weight is 479 g/mol. The number of pyridine rings is 2. The Bertz CT molecular complexity index is 1060. The first-order valence-corrected chi connectivity index (χ1v) is 11.9. The summed E-state index contributed by atoms with van der Waals surface area (Å²) in [5.41, 5.74) is 0.907. The number of carbonyl (C=O) groups is 1. The molecule has 0 saturated carbocycles. The van der Waals surface area contributed by atoms with Crippen LogP contribution in [0.3, 0.4) is 0 Å². The van der Waals surface area contributed by atoms with Crippen LogP contribution in [0.4, 0.5) is 15.0 Å². The summed E-state index contributed by atoms with van der Waals surface area (Å²) in [7, 11) is 0. The molecule has 2 saturated heterocycles. The van der Waals surface area contributed by atoms with E-state index in [0.29, 0.717) is 41.7 Å². The fourth-order valence-electron chi connectivity index (χ4n) is 5.13. The number of amides is 1. The Balaban J connectivity index is 1.74.